The molecule has 0 aliphatic rings. The molecule has 0 fully saturated rings. The van der Waals surface area contributed by atoms with Gasteiger partial charge in [-0.1, -0.05) is 5.16 Å². The third kappa shape index (κ3) is 2.74. The quantitative estimate of drug-likeness (QED) is 0.832. The van der Waals surface area contributed by atoms with Gasteiger partial charge in [0.15, 0.2) is 10.7 Å². The number of nitrogens with zero attached hydrogens (tertiary/aromatic N) is 1. The van der Waals surface area contributed by atoms with Crippen LogP contribution in [0.5, 0.6) is 0 Å². The van der Waals surface area contributed by atoms with Crippen molar-refractivity contribution in [1.29, 1.82) is 0 Å². The van der Waals surface area contributed by atoms with Gasteiger partial charge >= 0.3 is 0 Å². The summed E-state index contributed by atoms with van der Waals surface area (Å²) in [5.74, 6) is 0.247. The number of aromatic nitrogens is 1. The van der Waals surface area contributed by atoms with Crippen LogP contribution >= 0.6 is 15.9 Å². The maximum Gasteiger partial charge on any atom is 0.267 e. The highest BCUT2D eigenvalue weighted by molar-refractivity contribution is 9.10. The van der Waals surface area contributed by atoms with Gasteiger partial charge in [0.1, 0.15) is 5.69 Å². The van der Waals surface area contributed by atoms with Crippen LogP contribution in [0.2, 0.25) is 0 Å². The minimum atomic E-state index is -3.74. The molecule has 0 radical (unpaired) electrons. The molecule has 19 heavy (non-hydrogen) atoms. The highest BCUT2D eigenvalue weighted by atomic mass is 79.9. The molecule has 0 unspecified atom stereocenters. The predicted molar refractivity (Wildman–Crippen MR) is 75.3 cm³/mol. The van der Waals surface area contributed by atoms with Crippen molar-refractivity contribution >= 4 is 37.3 Å². The first-order valence-corrected chi connectivity index (χ1v) is 7.59. The molecule has 1 heterocycles. The maximum absolute atomic E-state index is 12.3. The fourth-order valence-corrected chi connectivity index (χ4v) is 3.71. The van der Waals surface area contributed by atoms with E-state index in [-0.39, 0.29) is 10.7 Å². The minimum Gasteiger partial charge on any atom is -0.399 e. The van der Waals surface area contributed by atoms with Crippen LogP contribution in [-0.4, -0.2) is 13.6 Å². The molecule has 0 spiro atoms. The van der Waals surface area contributed by atoms with E-state index in [4.69, 9.17) is 10.3 Å². The van der Waals surface area contributed by atoms with Crippen molar-refractivity contribution in [2.24, 2.45) is 0 Å². The molecule has 2 rings (SSSR count). The van der Waals surface area contributed by atoms with Crippen LogP contribution in [0.1, 0.15) is 11.5 Å². The monoisotopic (exact) mass is 345 g/mol. The number of nitrogens with two attached hydrogens (primary N) is 1. The first-order chi connectivity index (χ1) is 8.81. The molecule has 1 aromatic heterocycles. The number of anilines is 2. The Morgan fingerprint density at radius 3 is 2.58 bits per heavy atom. The van der Waals surface area contributed by atoms with Crippen molar-refractivity contribution in [3.8, 4) is 0 Å². The third-order valence-corrected chi connectivity index (χ3v) is 4.74. The van der Waals surface area contributed by atoms with Gasteiger partial charge in [-0.3, -0.25) is 4.72 Å². The molecular formula is C11H12BrN3O3S. The van der Waals surface area contributed by atoms with Gasteiger partial charge in [-0.05, 0) is 48.0 Å². The fourth-order valence-electron chi connectivity index (χ4n) is 1.67. The first-order valence-electron chi connectivity index (χ1n) is 5.32. The maximum atomic E-state index is 12.3. The van der Waals surface area contributed by atoms with E-state index in [9.17, 15) is 8.42 Å². The van der Waals surface area contributed by atoms with E-state index in [0.717, 1.165) is 0 Å². The Labute approximate surface area is 119 Å². The van der Waals surface area contributed by atoms with Gasteiger partial charge in [-0.15, -0.1) is 0 Å². The van der Waals surface area contributed by atoms with E-state index in [1.54, 1.807) is 32.0 Å². The Morgan fingerprint density at radius 2 is 2.05 bits per heavy atom. The normalized spacial score (nSPS) is 11.5. The summed E-state index contributed by atoms with van der Waals surface area (Å²) in [4.78, 5) is 0.0521. The molecule has 2 aromatic rings. The van der Waals surface area contributed by atoms with Crippen LogP contribution in [0.4, 0.5) is 11.4 Å². The second-order valence-electron chi connectivity index (χ2n) is 4.00. The standard InChI is InChI=1S/C11H12BrN3O3S/c1-6-11(7(2)18-14-6)19(16,17)15-10-4-3-8(13)5-9(10)12/h3-5,15H,13H2,1-2H3. The van der Waals surface area contributed by atoms with Crippen molar-refractivity contribution in [2.75, 3.05) is 10.5 Å². The zero-order chi connectivity index (χ0) is 14.2. The Bertz CT molecular complexity index is 705. The Kier molecular flexibility index (Phi) is 3.55. The highest BCUT2D eigenvalue weighted by Gasteiger charge is 2.24. The third-order valence-electron chi connectivity index (χ3n) is 2.47. The van der Waals surface area contributed by atoms with Crippen molar-refractivity contribution in [3.63, 3.8) is 0 Å². The van der Waals surface area contributed by atoms with Crippen molar-refractivity contribution in [1.82, 2.24) is 5.16 Å². The zero-order valence-electron chi connectivity index (χ0n) is 10.3. The van der Waals surface area contributed by atoms with Crippen molar-refractivity contribution in [2.45, 2.75) is 18.7 Å². The number of nitrogen functional groups attached to an aromatic ring is 1. The van der Waals surface area contributed by atoms with E-state index >= 15 is 0 Å². The summed E-state index contributed by atoms with van der Waals surface area (Å²) in [6.45, 7) is 3.12. The van der Waals surface area contributed by atoms with Gasteiger partial charge in [0.2, 0.25) is 0 Å². The van der Waals surface area contributed by atoms with Crippen LogP contribution in [0.15, 0.2) is 32.1 Å². The second-order valence-corrected chi connectivity index (χ2v) is 6.47. The molecule has 0 aliphatic heterocycles. The molecule has 0 saturated heterocycles. The lowest BCUT2D eigenvalue weighted by atomic mass is 10.3. The van der Waals surface area contributed by atoms with Crippen LogP contribution in [0.25, 0.3) is 0 Å². The van der Waals surface area contributed by atoms with E-state index in [0.29, 0.717) is 21.5 Å². The van der Waals surface area contributed by atoms with E-state index in [1.165, 1.54) is 0 Å². The van der Waals surface area contributed by atoms with Crippen LogP contribution in [-0.2, 0) is 10.0 Å². The molecule has 0 amide bonds. The summed E-state index contributed by atoms with van der Waals surface area (Å²) in [7, 11) is -3.74. The van der Waals surface area contributed by atoms with E-state index in [2.05, 4.69) is 25.8 Å². The number of hydrogen-bond acceptors (Lipinski definition) is 5. The molecule has 8 heteroatoms. The number of hydrogen-bond donors (Lipinski definition) is 2. The molecule has 3 N–H and O–H groups in total. The van der Waals surface area contributed by atoms with E-state index < -0.39 is 10.0 Å². The van der Waals surface area contributed by atoms with Crippen LogP contribution in [0.3, 0.4) is 0 Å². The topological polar surface area (TPSA) is 98.2 Å². The molecule has 0 saturated carbocycles. The number of halogens is 1. The van der Waals surface area contributed by atoms with Gasteiger partial charge < -0.3 is 10.3 Å². The summed E-state index contributed by atoms with van der Waals surface area (Å²) in [6.07, 6.45) is 0. The van der Waals surface area contributed by atoms with Crippen molar-refractivity contribution < 1.29 is 12.9 Å². The Hall–Kier alpha value is -1.54. The summed E-state index contributed by atoms with van der Waals surface area (Å²) in [6, 6.07) is 4.80. The summed E-state index contributed by atoms with van der Waals surface area (Å²) in [5, 5.41) is 3.63. The molecule has 0 aliphatic carbocycles. The van der Waals surface area contributed by atoms with Gasteiger partial charge in [0.25, 0.3) is 10.0 Å². The smallest absolute Gasteiger partial charge is 0.267 e. The average molecular weight is 346 g/mol. The summed E-state index contributed by atoms with van der Waals surface area (Å²) < 4.78 is 32.5. The van der Waals surface area contributed by atoms with Gasteiger partial charge in [0.05, 0.1) is 5.69 Å². The lowest BCUT2D eigenvalue weighted by Crippen LogP contribution is -2.14. The number of sulfonamides is 1. The predicted octanol–water partition coefficient (Wildman–Crippen LogP) is 2.44. The largest absolute Gasteiger partial charge is 0.399 e. The summed E-state index contributed by atoms with van der Waals surface area (Å²) >= 11 is 3.25. The number of rotatable bonds is 3. The fraction of sp³-hybridized carbons (Fsp3) is 0.182. The van der Waals surface area contributed by atoms with E-state index in [1.807, 2.05) is 0 Å². The molecular weight excluding hydrogens is 334 g/mol. The number of benzene rings is 1. The lowest BCUT2D eigenvalue weighted by molar-refractivity contribution is 0.390. The Morgan fingerprint density at radius 1 is 1.37 bits per heavy atom. The molecule has 6 nitrogen and oxygen atoms in total. The molecule has 0 bridgehead atoms. The lowest BCUT2D eigenvalue weighted by Gasteiger charge is -2.09. The van der Waals surface area contributed by atoms with Gasteiger partial charge in [0, 0.05) is 10.2 Å². The molecule has 102 valence electrons. The minimum absolute atomic E-state index is 0.0521. The SMILES string of the molecule is Cc1noc(C)c1S(=O)(=O)Nc1ccc(N)cc1Br. The van der Waals surface area contributed by atoms with Crippen LogP contribution in [0, 0.1) is 13.8 Å². The first kappa shape index (κ1) is 13.9. The number of aryl methyl sites for hydroxylation is 2. The highest BCUT2D eigenvalue weighted by Crippen LogP contribution is 2.28. The second kappa shape index (κ2) is 4.86. The number of nitrogens with one attached hydrogen (secondary N) is 1. The molecule has 0 atom stereocenters. The molecule has 1 aromatic carbocycles. The average Bonchev–Trinajstić information content (AvgIpc) is 2.63. The van der Waals surface area contributed by atoms with Gasteiger partial charge in [-0.2, -0.15) is 0 Å². The Balaban J connectivity index is 2.42. The summed E-state index contributed by atoms with van der Waals surface area (Å²) in [5.41, 5.74) is 6.85. The van der Waals surface area contributed by atoms with Gasteiger partial charge in [-0.25, -0.2) is 8.42 Å². The van der Waals surface area contributed by atoms with Crippen LogP contribution < -0.4 is 10.5 Å². The zero-order valence-corrected chi connectivity index (χ0v) is 12.7. The van der Waals surface area contributed by atoms with Crippen molar-refractivity contribution in [3.05, 3.63) is 34.1 Å².